The minimum absolute atomic E-state index is 0.000334. The van der Waals surface area contributed by atoms with Crippen LogP contribution < -0.4 is 21.8 Å². The zero-order chi connectivity index (χ0) is 21.8. The number of aryl methyl sites for hydroxylation is 1. The molecule has 30 heavy (non-hydrogen) atoms. The maximum atomic E-state index is 12.9. The molecule has 2 aromatic carbocycles. The third kappa shape index (κ3) is 4.04. The number of amides is 1. The van der Waals surface area contributed by atoms with Gasteiger partial charge in [0.25, 0.3) is 17.0 Å². The summed E-state index contributed by atoms with van der Waals surface area (Å²) < 4.78 is 1.16. The van der Waals surface area contributed by atoms with Crippen LogP contribution in [0.2, 0.25) is 0 Å². The summed E-state index contributed by atoms with van der Waals surface area (Å²) >= 11 is 0. The van der Waals surface area contributed by atoms with Gasteiger partial charge in [0, 0.05) is 26.3 Å². The fourth-order valence-electron chi connectivity index (χ4n) is 2.90. The molecule has 0 aliphatic heterocycles. The van der Waals surface area contributed by atoms with Crippen LogP contribution in [0.3, 0.4) is 0 Å². The van der Waals surface area contributed by atoms with Crippen LogP contribution in [0.25, 0.3) is 0 Å². The van der Waals surface area contributed by atoms with Gasteiger partial charge in [0.2, 0.25) is 0 Å². The van der Waals surface area contributed by atoms with Crippen molar-refractivity contribution in [2.24, 2.45) is 0 Å². The first-order chi connectivity index (χ1) is 14.3. The molecule has 1 heterocycles. The van der Waals surface area contributed by atoms with Crippen LogP contribution >= 0.6 is 0 Å². The number of para-hydroxylation sites is 2. The number of aromatic nitrogens is 2. The molecule has 0 spiro atoms. The normalized spacial score (nSPS) is 10.5. The maximum absolute atomic E-state index is 12.9. The Morgan fingerprint density at radius 1 is 1.03 bits per heavy atom. The highest BCUT2D eigenvalue weighted by Gasteiger charge is 2.20. The van der Waals surface area contributed by atoms with E-state index in [0.29, 0.717) is 5.69 Å². The second kappa shape index (κ2) is 8.56. The summed E-state index contributed by atoms with van der Waals surface area (Å²) in [6, 6.07) is 13.5. The Hall–Kier alpha value is -4.01. The topological polar surface area (TPSA) is 119 Å². The van der Waals surface area contributed by atoms with Gasteiger partial charge in [-0.15, -0.1) is 0 Å². The zero-order valence-electron chi connectivity index (χ0n) is 16.9. The average Bonchev–Trinajstić information content (AvgIpc) is 2.74. The summed E-state index contributed by atoms with van der Waals surface area (Å²) in [7, 11) is 3.14. The third-order valence-corrected chi connectivity index (χ3v) is 4.46. The standard InChI is InChI=1S/C21H23N5O4/c1-4-26-21(30)17(16(19(28)24-26)22-13-9-6-5-7-10-13)23-15-12-8-11-14(18(15)27)20(29)25(2)3/h5-12,22-23,27H,4H2,1-3H3,(H,24,28). The predicted molar refractivity (Wildman–Crippen MR) is 116 cm³/mol. The van der Waals surface area contributed by atoms with Crippen molar-refractivity contribution in [3.63, 3.8) is 0 Å². The van der Waals surface area contributed by atoms with Gasteiger partial charge in [-0.1, -0.05) is 24.3 Å². The van der Waals surface area contributed by atoms with Crippen LogP contribution in [0.15, 0.2) is 58.1 Å². The molecule has 0 radical (unpaired) electrons. The molecule has 0 bridgehead atoms. The van der Waals surface area contributed by atoms with E-state index < -0.39 is 17.0 Å². The molecule has 0 atom stereocenters. The molecule has 0 unspecified atom stereocenters. The van der Waals surface area contributed by atoms with E-state index in [-0.39, 0.29) is 34.9 Å². The molecular weight excluding hydrogens is 386 g/mol. The fraction of sp³-hybridized carbons (Fsp3) is 0.190. The van der Waals surface area contributed by atoms with Crippen molar-refractivity contribution in [2.75, 3.05) is 24.7 Å². The molecule has 3 aromatic rings. The lowest BCUT2D eigenvalue weighted by atomic mass is 10.1. The summed E-state index contributed by atoms with van der Waals surface area (Å²) in [4.78, 5) is 39.3. The highest BCUT2D eigenvalue weighted by atomic mass is 16.3. The average molecular weight is 409 g/mol. The van der Waals surface area contributed by atoms with E-state index in [1.807, 2.05) is 6.07 Å². The Morgan fingerprint density at radius 3 is 2.37 bits per heavy atom. The number of rotatable bonds is 6. The first-order valence-corrected chi connectivity index (χ1v) is 9.33. The van der Waals surface area contributed by atoms with Gasteiger partial charge < -0.3 is 20.6 Å². The lowest BCUT2D eigenvalue weighted by molar-refractivity contribution is 0.0824. The highest BCUT2D eigenvalue weighted by molar-refractivity contribution is 5.98. The molecule has 0 aliphatic rings. The first kappa shape index (κ1) is 20.7. The summed E-state index contributed by atoms with van der Waals surface area (Å²) in [5, 5.41) is 18.9. The number of anilines is 4. The molecule has 0 aliphatic carbocycles. The largest absolute Gasteiger partial charge is 0.505 e. The van der Waals surface area contributed by atoms with Crippen molar-refractivity contribution < 1.29 is 9.90 Å². The number of aromatic hydroxyl groups is 1. The number of H-pyrrole nitrogens is 1. The molecule has 0 saturated carbocycles. The fourth-order valence-corrected chi connectivity index (χ4v) is 2.90. The molecule has 1 amide bonds. The lowest BCUT2D eigenvalue weighted by Crippen LogP contribution is -2.32. The molecule has 3 rings (SSSR count). The van der Waals surface area contributed by atoms with E-state index in [9.17, 15) is 19.5 Å². The summed E-state index contributed by atoms with van der Waals surface area (Å²) in [5.74, 6) is -0.708. The van der Waals surface area contributed by atoms with Crippen LogP contribution in [0.4, 0.5) is 22.7 Å². The number of carbonyl (C=O) groups excluding carboxylic acids is 1. The summed E-state index contributed by atoms with van der Waals surface area (Å²) in [6.07, 6.45) is 0. The number of phenolic OH excluding ortho intramolecular Hbond substituents is 1. The van der Waals surface area contributed by atoms with Crippen molar-refractivity contribution in [1.29, 1.82) is 0 Å². The van der Waals surface area contributed by atoms with Gasteiger partial charge in [-0.2, -0.15) is 0 Å². The summed E-state index contributed by atoms with van der Waals surface area (Å²) in [5.41, 5.74) is -0.233. The lowest BCUT2D eigenvalue weighted by Gasteiger charge is -2.17. The van der Waals surface area contributed by atoms with E-state index in [1.54, 1.807) is 51.4 Å². The van der Waals surface area contributed by atoms with Gasteiger partial charge in [0.15, 0.2) is 5.75 Å². The minimum Gasteiger partial charge on any atom is -0.505 e. The summed E-state index contributed by atoms with van der Waals surface area (Å²) in [6.45, 7) is 1.97. The predicted octanol–water partition coefficient (Wildman–Crippen LogP) is 2.45. The Labute approximate surface area is 172 Å². The smallest absolute Gasteiger partial charge is 0.291 e. The van der Waals surface area contributed by atoms with Crippen LogP contribution in [0, 0.1) is 0 Å². The number of nitrogens with zero attached hydrogens (tertiary/aromatic N) is 2. The number of hydrogen-bond acceptors (Lipinski definition) is 6. The van der Waals surface area contributed by atoms with Crippen molar-refractivity contribution in [1.82, 2.24) is 14.7 Å². The van der Waals surface area contributed by atoms with Gasteiger partial charge in [-0.3, -0.25) is 19.5 Å². The monoisotopic (exact) mass is 409 g/mol. The number of nitrogens with one attached hydrogen (secondary N) is 3. The quantitative estimate of drug-likeness (QED) is 0.464. The Kier molecular flexibility index (Phi) is 5.91. The van der Waals surface area contributed by atoms with Crippen molar-refractivity contribution in [3.05, 3.63) is 74.8 Å². The molecule has 4 N–H and O–H groups in total. The zero-order valence-corrected chi connectivity index (χ0v) is 16.9. The Balaban J connectivity index is 2.13. The Bertz CT molecular complexity index is 1180. The van der Waals surface area contributed by atoms with Gasteiger partial charge in [0.1, 0.15) is 11.4 Å². The van der Waals surface area contributed by atoms with Crippen LogP contribution in [0.5, 0.6) is 5.75 Å². The SMILES string of the molecule is CCn1[nH]c(=O)c(Nc2ccccc2)c(Nc2cccc(C(=O)N(C)C)c2O)c1=O. The van der Waals surface area contributed by atoms with E-state index in [1.165, 1.54) is 17.0 Å². The second-order valence-corrected chi connectivity index (χ2v) is 6.76. The van der Waals surface area contributed by atoms with E-state index in [0.717, 1.165) is 4.68 Å². The number of phenols is 1. The molecule has 0 fully saturated rings. The number of carbonyl (C=O) groups is 1. The third-order valence-electron chi connectivity index (χ3n) is 4.46. The maximum Gasteiger partial charge on any atom is 0.291 e. The van der Waals surface area contributed by atoms with Gasteiger partial charge >= 0.3 is 0 Å². The van der Waals surface area contributed by atoms with Crippen LogP contribution in [0.1, 0.15) is 17.3 Å². The van der Waals surface area contributed by atoms with Crippen molar-refractivity contribution >= 4 is 28.7 Å². The number of hydrogen-bond donors (Lipinski definition) is 4. The molecule has 156 valence electrons. The molecule has 0 saturated heterocycles. The van der Waals surface area contributed by atoms with Gasteiger partial charge in [-0.25, -0.2) is 4.68 Å². The van der Waals surface area contributed by atoms with Crippen molar-refractivity contribution in [2.45, 2.75) is 13.5 Å². The minimum atomic E-state index is -0.511. The van der Waals surface area contributed by atoms with Crippen LogP contribution in [-0.2, 0) is 6.54 Å². The van der Waals surface area contributed by atoms with E-state index in [4.69, 9.17) is 0 Å². The highest BCUT2D eigenvalue weighted by Crippen LogP contribution is 2.31. The van der Waals surface area contributed by atoms with E-state index in [2.05, 4.69) is 15.7 Å². The van der Waals surface area contributed by atoms with Gasteiger partial charge in [-0.05, 0) is 31.2 Å². The first-order valence-electron chi connectivity index (χ1n) is 9.33. The molecule has 9 nitrogen and oxygen atoms in total. The molecular formula is C21H23N5O4. The number of benzene rings is 2. The van der Waals surface area contributed by atoms with Crippen LogP contribution in [-0.4, -0.2) is 39.8 Å². The van der Waals surface area contributed by atoms with Gasteiger partial charge in [0.05, 0.1) is 11.3 Å². The Morgan fingerprint density at radius 2 is 1.73 bits per heavy atom. The number of aromatic amines is 1. The second-order valence-electron chi connectivity index (χ2n) is 6.76. The van der Waals surface area contributed by atoms with E-state index >= 15 is 0 Å². The molecule has 1 aromatic heterocycles. The molecule has 9 heteroatoms. The van der Waals surface area contributed by atoms with Crippen molar-refractivity contribution in [3.8, 4) is 5.75 Å².